The fourth-order valence-electron chi connectivity index (χ4n) is 8.82. The van der Waals surface area contributed by atoms with Gasteiger partial charge in [0.1, 0.15) is 5.58 Å². The first-order chi connectivity index (χ1) is 29.4. The van der Waals surface area contributed by atoms with Crippen LogP contribution in [0.5, 0.6) is 0 Å². The SMILES string of the molecule is CC(C)(Cc1cc(CC(C)(C)c2ccc(-c3[c-]cccc3)nc2)cc(CC(C)(C)c2ccc(-c3[c-]ccc4c3oc3ccccc34)nc2)c1)c1ccc(-c2[c-]cccc2)nc1.[Ir+3]. The molecule has 9 aromatic rings. The third-order valence-electron chi connectivity index (χ3n) is 12.3. The Hall–Kier alpha value is -6.00. The van der Waals surface area contributed by atoms with Gasteiger partial charge in [0.2, 0.25) is 0 Å². The monoisotopic (exact) mass is 985 g/mol. The van der Waals surface area contributed by atoms with Gasteiger partial charge < -0.3 is 19.4 Å². The second kappa shape index (κ2) is 17.4. The maximum atomic E-state index is 6.33. The average Bonchev–Trinajstić information content (AvgIpc) is 3.66. The van der Waals surface area contributed by atoms with Gasteiger partial charge in [0, 0.05) is 24.0 Å². The molecule has 4 nitrogen and oxygen atoms in total. The summed E-state index contributed by atoms with van der Waals surface area (Å²) >= 11 is 0. The third kappa shape index (κ3) is 8.98. The van der Waals surface area contributed by atoms with E-state index in [1.165, 1.54) is 33.4 Å². The molecule has 0 bridgehead atoms. The van der Waals surface area contributed by atoms with Gasteiger partial charge in [-0.1, -0.05) is 125 Å². The van der Waals surface area contributed by atoms with Crippen LogP contribution < -0.4 is 0 Å². The molecule has 0 fully saturated rings. The summed E-state index contributed by atoms with van der Waals surface area (Å²) < 4.78 is 6.33. The van der Waals surface area contributed by atoms with Crippen molar-refractivity contribution in [3.05, 3.63) is 210 Å². The minimum absolute atomic E-state index is 0. The van der Waals surface area contributed by atoms with Gasteiger partial charge >= 0.3 is 20.1 Å². The molecule has 0 aliphatic rings. The van der Waals surface area contributed by atoms with Crippen LogP contribution >= 0.6 is 0 Å². The molecule has 0 amide bonds. The summed E-state index contributed by atoms with van der Waals surface area (Å²) in [4.78, 5) is 14.8. The maximum Gasteiger partial charge on any atom is 3.00 e. The van der Waals surface area contributed by atoms with Crippen LogP contribution in [0.25, 0.3) is 55.7 Å². The number of fused-ring (bicyclic) bond motifs is 3. The first-order valence-corrected chi connectivity index (χ1v) is 21.2. The van der Waals surface area contributed by atoms with E-state index >= 15 is 0 Å². The average molecular weight is 985 g/mol. The van der Waals surface area contributed by atoms with Crippen molar-refractivity contribution in [2.75, 3.05) is 0 Å². The Labute approximate surface area is 379 Å². The molecule has 4 heterocycles. The van der Waals surface area contributed by atoms with Crippen molar-refractivity contribution in [2.45, 2.75) is 77.0 Å². The van der Waals surface area contributed by atoms with E-state index < -0.39 is 0 Å². The van der Waals surface area contributed by atoms with Crippen molar-refractivity contribution in [1.29, 1.82) is 0 Å². The van der Waals surface area contributed by atoms with Crippen molar-refractivity contribution in [1.82, 2.24) is 15.0 Å². The number of hydrogen-bond acceptors (Lipinski definition) is 4. The molecule has 0 saturated carbocycles. The third-order valence-corrected chi connectivity index (χ3v) is 12.3. The second-order valence-corrected chi connectivity index (χ2v) is 18.4. The number of para-hydroxylation sites is 1. The van der Waals surface area contributed by atoms with Crippen LogP contribution in [0.4, 0.5) is 0 Å². The molecule has 0 saturated heterocycles. The summed E-state index contributed by atoms with van der Waals surface area (Å²) in [6.45, 7) is 14.0. The van der Waals surface area contributed by atoms with Gasteiger partial charge in [0.15, 0.2) is 0 Å². The van der Waals surface area contributed by atoms with Gasteiger partial charge in [-0.15, -0.1) is 90.0 Å². The maximum absolute atomic E-state index is 6.33. The number of rotatable bonds is 12. The molecule has 0 atom stereocenters. The van der Waals surface area contributed by atoms with Crippen molar-refractivity contribution < 1.29 is 24.5 Å². The van der Waals surface area contributed by atoms with Crippen molar-refractivity contribution in [3.8, 4) is 33.8 Å². The van der Waals surface area contributed by atoms with Crippen molar-refractivity contribution in [3.63, 3.8) is 0 Å². The number of pyridine rings is 3. The largest absolute Gasteiger partial charge is 3.00 e. The summed E-state index contributed by atoms with van der Waals surface area (Å²) in [6, 6.07) is 58.6. The van der Waals surface area contributed by atoms with Gasteiger partial charge in [0.25, 0.3) is 0 Å². The molecule has 308 valence electrons. The Kier molecular flexibility index (Phi) is 12.0. The second-order valence-electron chi connectivity index (χ2n) is 18.4. The Bertz CT molecular complexity index is 2820. The Morgan fingerprint density at radius 3 is 1.34 bits per heavy atom. The minimum Gasteiger partial charge on any atom is -0.501 e. The topological polar surface area (TPSA) is 51.8 Å². The number of nitrogens with zero attached hydrogens (tertiary/aromatic N) is 3. The fourth-order valence-corrected chi connectivity index (χ4v) is 8.82. The zero-order valence-electron chi connectivity index (χ0n) is 36.2. The summed E-state index contributed by atoms with van der Waals surface area (Å²) in [5.74, 6) is 0. The van der Waals surface area contributed by atoms with Crippen LogP contribution in [0.15, 0.2) is 163 Å². The molecule has 9 rings (SSSR count). The van der Waals surface area contributed by atoms with Crippen LogP contribution in [-0.2, 0) is 55.6 Å². The molecular weight excluding hydrogens is 935 g/mol. The molecule has 0 aliphatic carbocycles. The summed E-state index contributed by atoms with van der Waals surface area (Å²) in [5, 5.41) is 2.18. The zero-order valence-corrected chi connectivity index (χ0v) is 38.6. The van der Waals surface area contributed by atoms with Crippen LogP contribution in [0.2, 0.25) is 0 Å². The molecule has 0 unspecified atom stereocenters. The molecule has 0 aliphatic heterocycles. The van der Waals surface area contributed by atoms with E-state index in [1.807, 2.05) is 79.3 Å². The molecule has 5 heteroatoms. The molecule has 0 N–H and O–H groups in total. The molecular formula is C57H50IrN3O. The fraction of sp³-hybridized carbons (Fsp3) is 0.211. The number of aromatic nitrogens is 3. The Morgan fingerprint density at radius 1 is 0.452 bits per heavy atom. The van der Waals surface area contributed by atoms with Gasteiger partial charge in [-0.25, -0.2) is 0 Å². The van der Waals surface area contributed by atoms with Crippen LogP contribution in [0.3, 0.4) is 0 Å². The Balaban J connectivity index is 0.00000529. The number of furan rings is 1. The van der Waals surface area contributed by atoms with Crippen LogP contribution in [-0.4, -0.2) is 15.0 Å². The standard InChI is InChI=1S/C57H50N3O.Ir/c1-55(2,44-24-27-50(58-36-44)42-16-9-7-10-17-42)33-39-30-40(34-56(3,4)45-25-28-51(59-37-45)43-18-11-8-12-19-43)32-41(31-39)35-57(5,6)46-26-29-52(60-38-46)49-22-15-21-48-47-20-13-14-23-53(47)61-54(48)49;/h7-16,18,20-21,23-32,36-38H,33-35H2,1-6H3;/q-3;+3. The van der Waals surface area contributed by atoms with E-state index in [9.17, 15) is 0 Å². The van der Waals surface area contributed by atoms with Gasteiger partial charge in [-0.2, -0.15) is 0 Å². The van der Waals surface area contributed by atoms with E-state index in [4.69, 9.17) is 19.4 Å². The zero-order chi connectivity index (χ0) is 42.2. The number of hydrogen-bond donors (Lipinski definition) is 0. The summed E-state index contributed by atoms with van der Waals surface area (Å²) in [7, 11) is 0. The smallest absolute Gasteiger partial charge is 0.501 e. The summed E-state index contributed by atoms with van der Waals surface area (Å²) in [5.41, 5.74) is 14.4. The van der Waals surface area contributed by atoms with E-state index in [-0.39, 0.29) is 36.4 Å². The van der Waals surface area contributed by atoms with Gasteiger partial charge in [-0.3, -0.25) is 0 Å². The van der Waals surface area contributed by atoms with Crippen LogP contribution in [0, 0.1) is 18.2 Å². The first-order valence-electron chi connectivity index (χ1n) is 21.2. The number of benzene rings is 5. The van der Waals surface area contributed by atoms with Crippen molar-refractivity contribution >= 4 is 21.9 Å². The van der Waals surface area contributed by atoms with Gasteiger partial charge in [-0.05, 0) is 92.0 Å². The molecule has 0 spiro atoms. The molecule has 0 radical (unpaired) electrons. The summed E-state index contributed by atoms with van der Waals surface area (Å²) in [6.07, 6.45) is 8.72. The first kappa shape index (κ1) is 42.7. The van der Waals surface area contributed by atoms with E-state index in [2.05, 4.69) is 139 Å². The quantitative estimate of drug-likeness (QED) is 0.114. The van der Waals surface area contributed by atoms with Crippen LogP contribution in [0.1, 0.15) is 74.9 Å². The van der Waals surface area contributed by atoms with E-state index in [0.29, 0.717) is 0 Å². The molecule has 5 aromatic carbocycles. The van der Waals surface area contributed by atoms with Crippen molar-refractivity contribution in [2.24, 2.45) is 0 Å². The predicted octanol–water partition coefficient (Wildman–Crippen LogP) is 13.7. The molecule has 4 aromatic heterocycles. The normalized spacial score (nSPS) is 12.1. The van der Waals surface area contributed by atoms with Gasteiger partial charge in [0.05, 0.1) is 5.58 Å². The minimum atomic E-state index is -0.191. The molecule has 62 heavy (non-hydrogen) atoms. The van der Waals surface area contributed by atoms with E-state index in [0.717, 1.165) is 75.0 Å². The predicted molar refractivity (Wildman–Crippen MR) is 249 cm³/mol. The Morgan fingerprint density at radius 2 is 0.903 bits per heavy atom. The van der Waals surface area contributed by atoms with E-state index in [1.54, 1.807) is 0 Å².